The summed E-state index contributed by atoms with van der Waals surface area (Å²) < 4.78 is 6.71. The van der Waals surface area contributed by atoms with Crippen LogP contribution in [0.1, 0.15) is 37.1 Å². The quantitative estimate of drug-likeness (QED) is 0.103. The van der Waals surface area contributed by atoms with Gasteiger partial charge < -0.3 is 20.9 Å². The Balaban J connectivity index is 1.75. The number of nitrogens with two attached hydrogens (primary N) is 1. The highest BCUT2D eigenvalue weighted by atomic mass is 16.6. The number of ether oxygens (including phenoxy) is 1. The predicted molar refractivity (Wildman–Crippen MR) is 191 cm³/mol. The third kappa shape index (κ3) is 10.5. The summed E-state index contributed by atoms with van der Waals surface area (Å²) >= 11 is 0. The molecule has 19 heteroatoms. The van der Waals surface area contributed by atoms with E-state index in [0.717, 1.165) is 24.5 Å². The minimum atomic E-state index is -1.69. The number of nitro groups is 3. The summed E-state index contributed by atoms with van der Waals surface area (Å²) in [5, 5.41) is 47.0. The van der Waals surface area contributed by atoms with E-state index in [9.17, 15) is 49.8 Å². The number of carbonyl (C=O) groups is 3. The lowest BCUT2D eigenvalue weighted by Crippen LogP contribution is -2.59. The highest BCUT2D eigenvalue weighted by Crippen LogP contribution is 2.28. The first-order valence-electron chi connectivity index (χ1n) is 16.6. The number of non-ortho nitro benzene ring substituents is 2. The second kappa shape index (κ2) is 18.2. The molecule has 4 N–H and O–H groups in total. The van der Waals surface area contributed by atoms with Gasteiger partial charge in [-0.05, 0) is 36.0 Å². The summed E-state index contributed by atoms with van der Waals surface area (Å²) in [5.41, 5.74) is 5.96. The van der Waals surface area contributed by atoms with Crippen LogP contribution in [0, 0.1) is 36.3 Å². The second-order valence-corrected chi connectivity index (χ2v) is 12.7. The molecule has 4 rings (SSSR count). The van der Waals surface area contributed by atoms with E-state index < -0.39 is 75.2 Å². The Morgan fingerprint density at radius 1 is 0.907 bits per heavy atom. The molecule has 19 nitrogen and oxygen atoms in total. The molecule has 0 aliphatic carbocycles. The van der Waals surface area contributed by atoms with Gasteiger partial charge in [0.25, 0.3) is 17.1 Å². The number of aliphatic hydroxyl groups is 1. The van der Waals surface area contributed by atoms with E-state index in [4.69, 9.17) is 10.5 Å². The zero-order valence-corrected chi connectivity index (χ0v) is 29.2. The highest BCUT2D eigenvalue weighted by molar-refractivity contribution is 6.00. The van der Waals surface area contributed by atoms with E-state index >= 15 is 0 Å². The van der Waals surface area contributed by atoms with Crippen LogP contribution in [0.3, 0.4) is 0 Å². The molecule has 0 unspecified atom stereocenters. The number of imide groups is 1. The monoisotopic (exact) mass is 746 g/mol. The van der Waals surface area contributed by atoms with Crippen molar-refractivity contribution in [2.24, 2.45) is 11.7 Å². The highest BCUT2D eigenvalue weighted by Gasteiger charge is 2.40. The first kappa shape index (κ1) is 40.2. The molecule has 0 fully saturated rings. The van der Waals surface area contributed by atoms with Crippen LogP contribution in [0.5, 0.6) is 0 Å². The number of carbonyl (C=O) groups excluding carboxylic acids is 3. The van der Waals surface area contributed by atoms with Crippen molar-refractivity contribution in [3.05, 3.63) is 132 Å². The number of hydrogen-bond donors (Lipinski definition) is 3. The van der Waals surface area contributed by atoms with Crippen LogP contribution in [-0.4, -0.2) is 77.0 Å². The molecule has 0 aliphatic rings. The van der Waals surface area contributed by atoms with E-state index in [0.29, 0.717) is 22.4 Å². The molecule has 54 heavy (non-hydrogen) atoms. The number of amides is 3. The predicted octanol–water partition coefficient (Wildman–Crippen LogP) is 3.77. The maximum atomic E-state index is 14.2. The van der Waals surface area contributed by atoms with E-state index in [1.807, 2.05) is 13.8 Å². The summed E-state index contributed by atoms with van der Waals surface area (Å²) in [5.74, 6) is -1.89. The lowest BCUT2D eigenvalue weighted by molar-refractivity contribution is -0.394. The first-order valence-corrected chi connectivity index (χ1v) is 16.6. The summed E-state index contributed by atoms with van der Waals surface area (Å²) in [6.07, 6.45) is 0.890. The largest absolute Gasteiger partial charge is 0.444 e. The zero-order valence-electron chi connectivity index (χ0n) is 29.2. The van der Waals surface area contributed by atoms with Crippen LogP contribution in [-0.2, 0) is 33.8 Å². The van der Waals surface area contributed by atoms with Crippen LogP contribution >= 0.6 is 0 Å². The smallest absolute Gasteiger partial charge is 0.417 e. The van der Waals surface area contributed by atoms with Crippen LogP contribution < -0.4 is 11.1 Å². The van der Waals surface area contributed by atoms with E-state index in [1.165, 1.54) is 35.0 Å². The van der Waals surface area contributed by atoms with Crippen molar-refractivity contribution < 1.29 is 39.0 Å². The molecule has 1 aromatic heterocycles. The average molecular weight is 747 g/mol. The number of nitrogens with one attached hydrogen (secondary N) is 1. The lowest BCUT2D eigenvalue weighted by Gasteiger charge is -2.31. The van der Waals surface area contributed by atoms with Crippen molar-refractivity contribution in [1.82, 2.24) is 19.8 Å². The van der Waals surface area contributed by atoms with Crippen molar-refractivity contribution >= 4 is 35.0 Å². The maximum absolute atomic E-state index is 14.2. The van der Waals surface area contributed by atoms with Crippen LogP contribution in [0.2, 0.25) is 0 Å². The lowest BCUT2D eigenvalue weighted by atomic mass is 10.0. The fourth-order valence-corrected chi connectivity index (χ4v) is 5.57. The molecular weight excluding hydrogens is 708 g/mol. The Hall–Kier alpha value is -6.60. The van der Waals surface area contributed by atoms with Gasteiger partial charge in [-0.15, -0.1) is 0 Å². The summed E-state index contributed by atoms with van der Waals surface area (Å²) in [7, 11) is 0. The van der Waals surface area contributed by atoms with Crippen molar-refractivity contribution in [3.8, 4) is 5.69 Å². The Bertz CT molecular complexity index is 1990. The minimum Gasteiger partial charge on any atom is -0.444 e. The van der Waals surface area contributed by atoms with E-state index in [1.54, 1.807) is 30.3 Å². The average Bonchev–Trinajstić information content (AvgIpc) is 3.61. The molecule has 1 heterocycles. The van der Waals surface area contributed by atoms with Gasteiger partial charge in [-0.3, -0.25) is 44.5 Å². The zero-order chi connectivity index (χ0) is 39.5. The number of nitrogens with zero attached hydrogens (tertiary/aromatic N) is 6. The molecule has 284 valence electrons. The molecule has 3 atom stereocenters. The Morgan fingerprint density at radius 2 is 1.56 bits per heavy atom. The molecule has 0 aliphatic heterocycles. The summed E-state index contributed by atoms with van der Waals surface area (Å²) in [6, 6.07) is 12.8. The van der Waals surface area contributed by atoms with Gasteiger partial charge in [-0.2, -0.15) is 0 Å². The van der Waals surface area contributed by atoms with Crippen molar-refractivity contribution in [2.45, 2.75) is 57.8 Å². The summed E-state index contributed by atoms with van der Waals surface area (Å²) in [6.45, 7) is 2.97. The van der Waals surface area contributed by atoms with E-state index in [2.05, 4.69) is 10.3 Å². The molecule has 3 amide bonds. The van der Waals surface area contributed by atoms with Crippen LogP contribution in [0.25, 0.3) is 5.69 Å². The number of aliphatic hydroxyl groups excluding tert-OH is 1. The molecule has 3 aromatic carbocycles. The first-order chi connectivity index (χ1) is 25.7. The molecule has 0 radical (unpaired) electrons. The number of nitro benzene ring substituents is 3. The van der Waals surface area contributed by atoms with E-state index in [-0.39, 0.29) is 36.0 Å². The van der Waals surface area contributed by atoms with Gasteiger partial charge in [0.1, 0.15) is 18.3 Å². The van der Waals surface area contributed by atoms with Gasteiger partial charge in [-0.25, -0.2) is 14.7 Å². The Labute approximate surface area is 307 Å². The maximum Gasteiger partial charge on any atom is 0.417 e. The number of hydrogen-bond acceptors (Lipinski definition) is 13. The van der Waals surface area contributed by atoms with Gasteiger partial charge in [0.05, 0.1) is 51.5 Å². The van der Waals surface area contributed by atoms with Crippen LogP contribution in [0.4, 0.5) is 21.9 Å². The third-order valence-electron chi connectivity index (χ3n) is 8.18. The van der Waals surface area contributed by atoms with Crippen molar-refractivity contribution in [2.75, 3.05) is 6.61 Å². The second-order valence-electron chi connectivity index (χ2n) is 12.7. The van der Waals surface area contributed by atoms with Gasteiger partial charge >= 0.3 is 6.09 Å². The molecular formula is C35H38N8O11. The summed E-state index contributed by atoms with van der Waals surface area (Å²) in [4.78, 5) is 79.1. The van der Waals surface area contributed by atoms with Gasteiger partial charge in [0.2, 0.25) is 11.8 Å². The number of imidazole rings is 1. The Kier molecular flexibility index (Phi) is 13.6. The minimum absolute atomic E-state index is 0.0257. The standard InChI is InChI=1S/C35H38N8O11/c1-22(2)14-26(19-44)38-33(45)32(16-25-18-39(21-37-25)30-13-12-28(42(50)51)17-31(30)43(52)53)40(35(47)54-20-24-6-4-3-5-7-24)34(46)29(36)15-23-8-10-27(11-9-23)41(48)49/h3-13,17-18,21-22,26,29,32,44H,14-16,19-20,36H2,1-2H3,(H,38,45)/t26-,29-,32-/m0/s1. The number of benzene rings is 3. The Morgan fingerprint density at radius 3 is 2.15 bits per heavy atom. The fraction of sp³-hybridized carbons (Fsp3) is 0.314. The van der Waals surface area contributed by atoms with Crippen LogP contribution in [0.15, 0.2) is 85.3 Å². The third-order valence-corrected chi connectivity index (χ3v) is 8.18. The normalized spacial score (nSPS) is 12.7. The number of aromatic nitrogens is 2. The molecule has 0 saturated heterocycles. The number of rotatable bonds is 17. The van der Waals surface area contributed by atoms with Gasteiger partial charge in [0, 0.05) is 30.8 Å². The van der Waals surface area contributed by atoms with Crippen molar-refractivity contribution in [3.63, 3.8) is 0 Å². The SMILES string of the molecule is CC(C)C[C@@H](CO)NC(=O)[C@H](Cc1cn(-c2ccc([N+](=O)[O-])cc2[N+](=O)[O-])cn1)N(C(=O)OCc1ccccc1)C(=O)[C@@H](N)Cc1ccc([N+](=O)[O-])cc1. The van der Waals surface area contributed by atoms with Crippen molar-refractivity contribution in [1.29, 1.82) is 0 Å². The fourth-order valence-electron chi connectivity index (χ4n) is 5.57. The molecule has 0 spiro atoms. The molecule has 0 saturated carbocycles. The van der Waals surface area contributed by atoms with Gasteiger partial charge in [0.15, 0.2) is 0 Å². The topological polar surface area (TPSA) is 269 Å². The van der Waals surface area contributed by atoms with Gasteiger partial charge in [-0.1, -0.05) is 56.3 Å². The molecule has 4 aromatic rings. The molecule has 0 bridgehead atoms.